The second-order valence-electron chi connectivity index (χ2n) is 5.40. The number of rotatable bonds is 3. The van der Waals surface area contributed by atoms with Crippen molar-refractivity contribution in [3.05, 3.63) is 18.0 Å². The fraction of sp³-hybridized carbons (Fsp3) is 0.750. The Bertz CT molecular complexity index is 374. The molecule has 0 spiro atoms. The number of aromatic nitrogens is 2. The third kappa shape index (κ3) is 3.47. The minimum Gasteiger partial charge on any atom is -0.323 e. The third-order valence-electron chi connectivity index (χ3n) is 3.11. The maximum Gasteiger partial charge on any atom is 0.0537 e. The van der Waals surface area contributed by atoms with Gasteiger partial charge in [-0.3, -0.25) is 9.58 Å². The van der Waals surface area contributed by atoms with E-state index in [2.05, 4.69) is 35.6 Å². The molecule has 1 saturated heterocycles. The first-order chi connectivity index (χ1) is 7.96. The molecule has 2 rings (SSSR count). The number of hydrogen-bond donors (Lipinski definition) is 1. The molecule has 1 aliphatic heterocycles. The molecule has 0 saturated carbocycles. The van der Waals surface area contributed by atoms with E-state index >= 15 is 0 Å². The SMILES string of the molecule is Cn1cc(C(N)CN2CCSC(C)(C)C2)cn1. The van der Waals surface area contributed by atoms with Crippen molar-refractivity contribution in [2.75, 3.05) is 25.4 Å². The molecule has 5 heteroatoms. The number of thioether (sulfide) groups is 1. The molecule has 1 aromatic rings. The molecule has 0 aromatic carbocycles. The molecular weight excluding hydrogens is 232 g/mol. The molecule has 0 amide bonds. The minimum absolute atomic E-state index is 0.0719. The Balaban J connectivity index is 1.92. The molecule has 1 aliphatic rings. The van der Waals surface area contributed by atoms with Gasteiger partial charge in [-0.25, -0.2) is 0 Å². The summed E-state index contributed by atoms with van der Waals surface area (Å²) in [5, 5.41) is 4.17. The van der Waals surface area contributed by atoms with Crippen LogP contribution in [0.2, 0.25) is 0 Å². The lowest BCUT2D eigenvalue weighted by atomic mass is 10.1. The topological polar surface area (TPSA) is 47.1 Å². The predicted octanol–water partition coefficient (Wildman–Crippen LogP) is 1.25. The van der Waals surface area contributed by atoms with Gasteiger partial charge in [0.2, 0.25) is 0 Å². The van der Waals surface area contributed by atoms with E-state index in [1.807, 2.05) is 24.1 Å². The smallest absolute Gasteiger partial charge is 0.0537 e. The van der Waals surface area contributed by atoms with Crippen molar-refractivity contribution in [1.29, 1.82) is 0 Å². The highest BCUT2D eigenvalue weighted by Gasteiger charge is 2.27. The Kier molecular flexibility index (Phi) is 3.80. The van der Waals surface area contributed by atoms with Crippen LogP contribution in [0.25, 0.3) is 0 Å². The average molecular weight is 254 g/mol. The van der Waals surface area contributed by atoms with Crippen LogP contribution in [0.15, 0.2) is 12.4 Å². The zero-order chi connectivity index (χ0) is 12.5. The summed E-state index contributed by atoms with van der Waals surface area (Å²) in [7, 11) is 1.93. The molecule has 0 aliphatic carbocycles. The summed E-state index contributed by atoms with van der Waals surface area (Å²) in [5.74, 6) is 1.20. The van der Waals surface area contributed by atoms with Crippen molar-refractivity contribution in [2.24, 2.45) is 12.8 Å². The molecule has 2 heterocycles. The van der Waals surface area contributed by atoms with E-state index in [-0.39, 0.29) is 6.04 Å². The largest absolute Gasteiger partial charge is 0.323 e. The van der Waals surface area contributed by atoms with Gasteiger partial charge in [-0.2, -0.15) is 16.9 Å². The fourth-order valence-corrected chi connectivity index (χ4v) is 3.46. The van der Waals surface area contributed by atoms with Gasteiger partial charge in [0, 0.05) is 55.0 Å². The quantitative estimate of drug-likeness (QED) is 0.882. The Labute approximate surface area is 108 Å². The van der Waals surface area contributed by atoms with Gasteiger partial charge < -0.3 is 5.73 Å². The Hall–Kier alpha value is -0.520. The first-order valence-corrected chi connectivity index (χ1v) is 7.05. The van der Waals surface area contributed by atoms with Gasteiger partial charge in [-0.1, -0.05) is 0 Å². The molecule has 0 bridgehead atoms. The van der Waals surface area contributed by atoms with Crippen molar-refractivity contribution in [3.63, 3.8) is 0 Å². The van der Waals surface area contributed by atoms with Crippen LogP contribution in [0.5, 0.6) is 0 Å². The van der Waals surface area contributed by atoms with E-state index in [9.17, 15) is 0 Å². The third-order valence-corrected chi connectivity index (χ3v) is 4.41. The fourth-order valence-electron chi connectivity index (χ4n) is 2.29. The van der Waals surface area contributed by atoms with Gasteiger partial charge in [0.15, 0.2) is 0 Å². The number of nitrogens with two attached hydrogens (primary N) is 1. The van der Waals surface area contributed by atoms with Crippen LogP contribution < -0.4 is 5.73 Å². The molecule has 1 atom stereocenters. The van der Waals surface area contributed by atoms with Crippen LogP contribution in [0.1, 0.15) is 25.5 Å². The minimum atomic E-state index is 0.0719. The second-order valence-corrected chi connectivity index (χ2v) is 7.20. The lowest BCUT2D eigenvalue weighted by Crippen LogP contribution is -2.45. The monoisotopic (exact) mass is 254 g/mol. The van der Waals surface area contributed by atoms with Crippen molar-refractivity contribution in [1.82, 2.24) is 14.7 Å². The summed E-state index contributed by atoms with van der Waals surface area (Å²) in [5.41, 5.74) is 7.35. The van der Waals surface area contributed by atoms with Gasteiger partial charge in [-0.15, -0.1) is 0 Å². The van der Waals surface area contributed by atoms with Crippen LogP contribution >= 0.6 is 11.8 Å². The number of aryl methyl sites for hydroxylation is 1. The van der Waals surface area contributed by atoms with Gasteiger partial charge in [-0.05, 0) is 13.8 Å². The normalized spacial score (nSPS) is 22.6. The van der Waals surface area contributed by atoms with E-state index in [0.717, 1.165) is 25.2 Å². The Morgan fingerprint density at radius 1 is 1.59 bits per heavy atom. The van der Waals surface area contributed by atoms with Crippen LogP contribution in [-0.2, 0) is 7.05 Å². The van der Waals surface area contributed by atoms with E-state index in [1.54, 1.807) is 0 Å². The summed E-state index contributed by atoms with van der Waals surface area (Å²) in [4.78, 5) is 2.47. The van der Waals surface area contributed by atoms with E-state index in [4.69, 9.17) is 5.73 Å². The number of nitrogens with zero attached hydrogens (tertiary/aromatic N) is 3. The first-order valence-electron chi connectivity index (χ1n) is 6.07. The zero-order valence-corrected chi connectivity index (χ0v) is 11.7. The molecule has 4 nitrogen and oxygen atoms in total. The first kappa shape index (κ1) is 12.9. The van der Waals surface area contributed by atoms with Crippen LogP contribution in [0.4, 0.5) is 0 Å². The molecule has 1 fully saturated rings. The molecule has 0 radical (unpaired) electrons. The maximum absolute atomic E-state index is 6.23. The highest BCUT2D eigenvalue weighted by atomic mass is 32.2. The molecule has 1 aromatic heterocycles. The standard InChI is InChI=1S/C12H22N4S/c1-12(2)9-16(4-5-17-12)8-11(13)10-6-14-15(3)7-10/h6-7,11H,4-5,8-9,13H2,1-3H3. The summed E-state index contributed by atoms with van der Waals surface area (Å²) in [6.45, 7) is 7.79. The summed E-state index contributed by atoms with van der Waals surface area (Å²) in [6.07, 6.45) is 3.88. The van der Waals surface area contributed by atoms with E-state index in [0.29, 0.717) is 4.75 Å². The van der Waals surface area contributed by atoms with Gasteiger partial charge >= 0.3 is 0 Å². The van der Waals surface area contributed by atoms with Gasteiger partial charge in [0.05, 0.1) is 6.20 Å². The second kappa shape index (κ2) is 5.00. The Morgan fingerprint density at radius 2 is 2.35 bits per heavy atom. The summed E-state index contributed by atoms with van der Waals surface area (Å²) in [6, 6.07) is 0.0719. The summed E-state index contributed by atoms with van der Waals surface area (Å²) >= 11 is 2.05. The molecule has 1 unspecified atom stereocenters. The molecule has 17 heavy (non-hydrogen) atoms. The predicted molar refractivity (Wildman–Crippen MR) is 73.1 cm³/mol. The van der Waals surface area contributed by atoms with Crippen LogP contribution in [0, 0.1) is 0 Å². The average Bonchev–Trinajstić information content (AvgIpc) is 2.63. The lowest BCUT2D eigenvalue weighted by molar-refractivity contribution is 0.246. The molecular formula is C12H22N4S. The van der Waals surface area contributed by atoms with Crippen molar-refractivity contribution < 1.29 is 0 Å². The van der Waals surface area contributed by atoms with Gasteiger partial charge in [0.1, 0.15) is 0 Å². The highest BCUT2D eigenvalue weighted by molar-refractivity contribution is 8.00. The number of hydrogen-bond acceptors (Lipinski definition) is 4. The van der Waals surface area contributed by atoms with Crippen molar-refractivity contribution in [2.45, 2.75) is 24.6 Å². The van der Waals surface area contributed by atoms with Gasteiger partial charge in [0.25, 0.3) is 0 Å². The summed E-state index contributed by atoms with van der Waals surface area (Å²) < 4.78 is 2.16. The Morgan fingerprint density at radius 3 is 2.94 bits per heavy atom. The zero-order valence-electron chi connectivity index (χ0n) is 10.9. The van der Waals surface area contributed by atoms with E-state index < -0.39 is 0 Å². The highest BCUT2D eigenvalue weighted by Crippen LogP contribution is 2.30. The van der Waals surface area contributed by atoms with Crippen LogP contribution in [0.3, 0.4) is 0 Å². The van der Waals surface area contributed by atoms with Crippen LogP contribution in [-0.4, -0.2) is 44.8 Å². The lowest BCUT2D eigenvalue weighted by Gasteiger charge is -2.38. The maximum atomic E-state index is 6.23. The van der Waals surface area contributed by atoms with Crippen molar-refractivity contribution in [3.8, 4) is 0 Å². The van der Waals surface area contributed by atoms with E-state index in [1.165, 1.54) is 5.75 Å². The molecule has 2 N–H and O–H groups in total. The van der Waals surface area contributed by atoms with Crippen molar-refractivity contribution >= 4 is 11.8 Å². The molecule has 96 valence electrons.